The summed E-state index contributed by atoms with van der Waals surface area (Å²) < 4.78 is 33.5. The molecule has 1 N–H and O–H groups in total. The van der Waals surface area contributed by atoms with Gasteiger partial charge in [0.15, 0.2) is 0 Å². The molecule has 2 aromatic carbocycles. The van der Waals surface area contributed by atoms with Crippen LogP contribution in [-0.4, -0.2) is 32.5 Å². The first kappa shape index (κ1) is 19.5. The molecule has 27 heavy (non-hydrogen) atoms. The van der Waals surface area contributed by atoms with Crippen LogP contribution in [0.15, 0.2) is 53.4 Å². The van der Waals surface area contributed by atoms with Crippen molar-refractivity contribution in [2.45, 2.75) is 24.7 Å². The van der Waals surface area contributed by atoms with Crippen molar-refractivity contribution >= 4 is 37.5 Å². The molecule has 1 aromatic heterocycles. The van der Waals surface area contributed by atoms with E-state index in [2.05, 4.69) is 9.71 Å². The van der Waals surface area contributed by atoms with Gasteiger partial charge in [-0.3, -0.25) is 0 Å². The molecule has 3 aromatic rings. The summed E-state index contributed by atoms with van der Waals surface area (Å²) in [6.07, 6.45) is 1.33. The number of aromatic nitrogens is 1. The van der Waals surface area contributed by atoms with Crippen LogP contribution in [0.2, 0.25) is 0 Å². The van der Waals surface area contributed by atoms with E-state index < -0.39 is 16.0 Å². The molecule has 8 heteroatoms. The monoisotopic (exact) mass is 404 g/mol. The molecular formula is C19H20N2O4S2. The fourth-order valence-corrected chi connectivity index (χ4v) is 4.69. The van der Waals surface area contributed by atoms with Crippen LogP contribution in [0.1, 0.15) is 28.7 Å². The number of hydrogen-bond donors (Lipinski definition) is 1. The zero-order valence-electron chi connectivity index (χ0n) is 14.8. The van der Waals surface area contributed by atoms with E-state index in [4.69, 9.17) is 4.74 Å². The van der Waals surface area contributed by atoms with Gasteiger partial charge in [-0.2, -0.15) is 0 Å². The topological polar surface area (TPSA) is 85.4 Å². The van der Waals surface area contributed by atoms with Crippen molar-refractivity contribution in [1.29, 1.82) is 0 Å². The maximum absolute atomic E-state index is 12.4. The molecule has 0 spiro atoms. The molecule has 0 aliphatic carbocycles. The number of carbonyl (C=O) groups is 1. The van der Waals surface area contributed by atoms with Crippen LogP contribution in [0.4, 0.5) is 0 Å². The van der Waals surface area contributed by atoms with Gasteiger partial charge in [-0.05, 0) is 43.7 Å². The molecule has 0 unspecified atom stereocenters. The SMILES string of the molecule is CCOC(=O)c1cccc(S(=O)(=O)NCCCc2nc3ccccc3s2)c1. The third kappa shape index (κ3) is 4.91. The minimum Gasteiger partial charge on any atom is -0.462 e. The summed E-state index contributed by atoms with van der Waals surface area (Å²) in [5, 5.41) is 0.986. The molecule has 0 atom stereocenters. The van der Waals surface area contributed by atoms with E-state index in [0.717, 1.165) is 15.2 Å². The van der Waals surface area contributed by atoms with Gasteiger partial charge in [0.1, 0.15) is 0 Å². The smallest absolute Gasteiger partial charge is 0.338 e. The number of hydrogen-bond acceptors (Lipinski definition) is 6. The Morgan fingerprint density at radius 1 is 1.19 bits per heavy atom. The third-order valence-corrected chi connectivity index (χ3v) is 6.41. The fourth-order valence-electron chi connectivity index (χ4n) is 2.56. The number of nitrogens with one attached hydrogen (secondary N) is 1. The molecule has 0 aliphatic heterocycles. The first-order chi connectivity index (χ1) is 13.0. The summed E-state index contributed by atoms with van der Waals surface area (Å²) in [7, 11) is -3.69. The highest BCUT2D eigenvalue weighted by molar-refractivity contribution is 7.89. The van der Waals surface area contributed by atoms with Gasteiger partial charge in [-0.15, -0.1) is 11.3 Å². The molecule has 3 rings (SSSR count). The first-order valence-corrected chi connectivity index (χ1v) is 10.9. The summed E-state index contributed by atoms with van der Waals surface area (Å²) in [6, 6.07) is 13.8. The molecule has 0 aliphatic rings. The quantitative estimate of drug-likeness (QED) is 0.459. The molecule has 0 bridgehead atoms. The highest BCUT2D eigenvalue weighted by atomic mass is 32.2. The lowest BCUT2D eigenvalue weighted by Crippen LogP contribution is -2.25. The van der Waals surface area contributed by atoms with E-state index in [1.54, 1.807) is 18.3 Å². The van der Waals surface area contributed by atoms with Crippen molar-refractivity contribution in [3.05, 3.63) is 59.1 Å². The summed E-state index contributed by atoms with van der Waals surface area (Å²) in [5.74, 6) is -0.537. The Kier molecular flexibility index (Phi) is 6.20. The summed E-state index contributed by atoms with van der Waals surface area (Å²) in [5.41, 5.74) is 1.18. The van der Waals surface area contributed by atoms with Gasteiger partial charge in [0, 0.05) is 13.0 Å². The Morgan fingerprint density at radius 2 is 2.00 bits per heavy atom. The van der Waals surface area contributed by atoms with Crippen molar-refractivity contribution < 1.29 is 17.9 Å². The first-order valence-electron chi connectivity index (χ1n) is 8.61. The van der Waals surface area contributed by atoms with E-state index in [9.17, 15) is 13.2 Å². The number of benzene rings is 2. The van der Waals surface area contributed by atoms with Crippen LogP contribution in [0.3, 0.4) is 0 Å². The molecule has 0 saturated heterocycles. The molecule has 0 radical (unpaired) electrons. The predicted octanol–water partition coefficient (Wildman–Crippen LogP) is 3.38. The van der Waals surface area contributed by atoms with Crippen molar-refractivity contribution in [2.24, 2.45) is 0 Å². The Labute approximate surface area is 162 Å². The summed E-state index contributed by atoms with van der Waals surface area (Å²) in [4.78, 5) is 16.4. The Morgan fingerprint density at radius 3 is 2.78 bits per heavy atom. The van der Waals surface area contributed by atoms with Gasteiger partial charge < -0.3 is 4.74 Å². The van der Waals surface area contributed by atoms with E-state index in [0.29, 0.717) is 19.4 Å². The number of ether oxygens (including phenoxy) is 1. The number of esters is 1. The lowest BCUT2D eigenvalue weighted by Gasteiger charge is -2.08. The van der Waals surface area contributed by atoms with Gasteiger partial charge >= 0.3 is 5.97 Å². The van der Waals surface area contributed by atoms with Crippen LogP contribution in [-0.2, 0) is 21.2 Å². The molecule has 0 saturated carbocycles. The zero-order valence-corrected chi connectivity index (χ0v) is 16.5. The lowest BCUT2D eigenvalue weighted by atomic mass is 10.2. The number of para-hydroxylation sites is 1. The average molecular weight is 405 g/mol. The second kappa shape index (κ2) is 8.60. The highest BCUT2D eigenvalue weighted by Crippen LogP contribution is 2.22. The van der Waals surface area contributed by atoms with E-state index in [1.807, 2.05) is 24.3 Å². The summed E-state index contributed by atoms with van der Waals surface area (Å²) >= 11 is 1.62. The Hall–Kier alpha value is -2.29. The largest absolute Gasteiger partial charge is 0.462 e. The maximum Gasteiger partial charge on any atom is 0.338 e. The van der Waals surface area contributed by atoms with Crippen molar-refractivity contribution in [2.75, 3.05) is 13.2 Å². The normalized spacial score (nSPS) is 11.6. The second-order valence-electron chi connectivity index (χ2n) is 5.82. The van der Waals surface area contributed by atoms with Gasteiger partial charge in [0.25, 0.3) is 0 Å². The minimum absolute atomic E-state index is 0.0491. The molecular weight excluding hydrogens is 384 g/mol. The van der Waals surface area contributed by atoms with E-state index >= 15 is 0 Å². The maximum atomic E-state index is 12.4. The number of nitrogens with zero attached hydrogens (tertiary/aromatic N) is 1. The second-order valence-corrected chi connectivity index (χ2v) is 8.71. The summed E-state index contributed by atoms with van der Waals surface area (Å²) in [6.45, 7) is 2.23. The van der Waals surface area contributed by atoms with E-state index in [-0.39, 0.29) is 17.1 Å². The van der Waals surface area contributed by atoms with Crippen molar-refractivity contribution in [1.82, 2.24) is 9.71 Å². The van der Waals surface area contributed by atoms with Crippen molar-refractivity contribution in [3.63, 3.8) is 0 Å². The zero-order chi connectivity index (χ0) is 19.3. The Balaban J connectivity index is 1.58. The van der Waals surface area contributed by atoms with Gasteiger partial charge in [-0.25, -0.2) is 22.9 Å². The third-order valence-electron chi connectivity index (χ3n) is 3.85. The minimum atomic E-state index is -3.69. The molecule has 6 nitrogen and oxygen atoms in total. The van der Waals surface area contributed by atoms with Crippen LogP contribution in [0, 0.1) is 0 Å². The standard InChI is InChI=1S/C19H20N2O4S2/c1-2-25-19(22)14-7-5-8-15(13-14)27(23,24)20-12-6-11-18-21-16-9-3-4-10-17(16)26-18/h3-5,7-10,13,20H,2,6,11-12H2,1H3. The van der Waals surface area contributed by atoms with Crippen LogP contribution in [0.25, 0.3) is 10.2 Å². The molecule has 142 valence electrons. The van der Waals surface area contributed by atoms with E-state index in [1.165, 1.54) is 24.3 Å². The number of aryl methyl sites for hydroxylation is 1. The van der Waals surface area contributed by atoms with Crippen molar-refractivity contribution in [3.8, 4) is 0 Å². The molecule has 0 amide bonds. The number of fused-ring (bicyclic) bond motifs is 1. The highest BCUT2D eigenvalue weighted by Gasteiger charge is 2.16. The fraction of sp³-hybridized carbons (Fsp3) is 0.263. The van der Waals surface area contributed by atoms with Crippen LogP contribution < -0.4 is 4.72 Å². The van der Waals surface area contributed by atoms with Gasteiger partial charge in [-0.1, -0.05) is 18.2 Å². The number of carbonyl (C=O) groups excluding carboxylic acids is 1. The number of rotatable bonds is 8. The number of thiazole rings is 1. The number of sulfonamides is 1. The van der Waals surface area contributed by atoms with Gasteiger partial charge in [0.05, 0.1) is 32.3 Å². The Bertz CT molecular complexity index is 1010. The molecule has 0 fully saturated rings. The van der Waals surface area contributed by atoms with Crippen LogP contribution in [0.5, 0.6) is 0 Å². The van der Waals surface area contributed by atoms with Gasteiger partial charge in [0.2, 0.25) is 10.0 Å². The van der Waals surface area contributed by atoms with Crippen LogP contribution >= 0.6 is 11.3 Å². The predicted molar refractivity (Wildman–Crippen MR) is 106 cm³/mol. The lowest BCUT2D eigenvalue weighted by molar-refractivity contribution is 0.0526. The molecule has 1 heterocycles. The average Bonchev–Trinajstić information content (AvgIpc) is 3.08.